The molecule has 8 rings (SSSR count). The van der Waals surface area contributed by atoms with Crippen molar-refractivity contribution in [3.63, 3.8) is 0 Å². The van der Waals surface area contributed by atoms with Gasteiger partial charge in [-0.2, -0.15) is 0 Å². The molecule has 6 atom stereocenters. The number of aromatic nitrogens is 4. The zero-order valence-corrected chi connectivity index (χ0v) is 39.2. The Morgan fingerprint density at radius 3 is 1.53 bits per heavy atom. The predicted molar refractivity (Wildman–Crippen MR) is 244 cm³/mol. The molecule has 4 amide bonds. The summed E-state index contributed by atoms with van der Waals surface area (Å²) in [5.41, 5.74) is 8.67. The molecule has 4 aromatic rings. The Kier molecular flexibility index (Phi) is 11.9. The van der Waals surface area contributed by atoms with Crippen LogP contribution in [0.3, 0.4) is 0 Å². The molecule has 3 fully saturated rings. The fourth-order valence-electron chi connectivity index (χ4n) is 10.8. The molecule has 2 unspecified atom stereocenters. The van der Waals surface area contributed by atoms with Gasteiger partial charge in [-0.05, 0) is 83.2 Å². The number of nitrogens with zero attached hydrogens (tertiary/aromatic N) is 5. The average Bonchev–Trinajstić information content (AvgIpc) is 4.13. The number of rotatable bonds is 11. The van der Waals surface area contributed by atoms with Crippen LogP contribution < -0.4 is 10.6 Å². The molecule has 3 saturated heterocycles. The number of H-pyrrole nitrogens is 2. The number of alkyl carbamates (subject to hydrolysis) is 2. The molecule has 2 aromatic heterocycles. The third-order valence-corrected chi connectivity index (χ3v) is 14.1. The zero-order chi connectivity index (χ0) is 46.0. The van der Waals surface area contributed by atoms with Gasteiger partial charge >= 0.3 is 12.2 Å². The van der Waals surface area contributed by atoms with E-state index in [4.69, 9.17) is 19.4 Å². The number of aromatic amines is 2. The minimum Gasteiger partial charge on any atom is -0.453 e. The molecular weight excluding hydrogens is 811 g/mol. The lowest BCUT2D eigenvalue weighted by Crippen LogP contribution is -2.51. The molecule has 4 N–H and O–H groups in total. The predicted octanol–water partition coefficient (Wildman–Crippen LogP) is 8.32. The number of ether oxygens (including phenoxy) is 2. The molecule has 0 aliphatic carbocycles. The summed E-state index contributed by atoms with van der Waals surface area (Å²) in [7, 11) is 4.83. The molecule has 342 valence electrons. The standard InChI is InChI=1S/C49H65N9O6/c1-26(2)40(54-46(61)63-10)44(59)57-24-48(5,6)20-36(57)42-50-22-32(52-42)29-14-12-28(13-15-29)30-16-17-31(39-35-19-18-34(38(30)39)56(35)9)33-23-51-43(53-33)37-21-49(7,8)25-58(37)45(60)41(27(3)4)55-47(62)64-11/h12-17,22-23,26-27,34-37,40-41H,18-21,24-25H2,1-11H3,(H,50,52)(H,51,53)(H,54,61)(H,55,62)/t34?,35?,36-,37-,40-,41-/m0/s1. The first kappa shape index (κ1) is 44.9. The van der Waals surface area contributed by atoms with Gasteiger partial charge in [-0.1, -0.05) is 91.8 Å². The van der Waals surface area contributed by atoms with E-state index < -0.39 is 24.3 Å². The first-order valence-electron chi connectivity index (χ1n) is 22.7. The summed E-state index contributed by atoms with van der Waals surface area (Å²) in [5.74, 6) is 0.919. The van der Waals surface area contributed by atoms with Crippen molar-refractivity contribution in [3.05, 3.63) is 71.6 Å². The first-order chi connectivity index (χ1) is 30.3. The largest absolute Gasteiger partial charge is 0.453 e. The van der Waals surface area contributed by atoms with Crippen LogP contribution in [0.5, 0.6) is 0 Å². The van der Waals surface area contributed by atoms with Gasteiger partial charge in [-0.15, -0.1) is 0 Å². The summed E-state index contributed by atoms with van der Waals surface area (Å²) in [6.07, 6.45) is 6.14. The zero-order valence-electron chi connectivity index (χ0n) is 39.2. The van der Waals surface area contributed by atoms with Crippen LogP contribution in [0.15, 0.2) is 48.8 Å². The molecule has 0 spiro atoms. The van der Waals surface area contributed by atoms with Gasteiger partial charge in [0.2, 0.25) is 11.8 Å². The minimum absolute atomic E-state index is 0.129. The van der Waals surface area contributed by atoms with Crippen LogP contribution >= 0.6 is 0 Å². The van der Waals surface area contributed by atoms with Crippen molar-refractivity contribution in [2.45, 2.75) is 117 Å². The lowest BCUT2D eigenvalue weighted by molar-refractivity contribution is -0.136. The van der Waals surface area contributed by atoms with Gasteiger partial charge in [0.1, 0.15) is 23.7 Å². The quantitative estimate of drug-likeness (QED) is 0.115. The number of nitrogens with one attached hydrogen (secondary N) is 4. The average molecular weight is 876 g/mol. The normalized spacial score (nSPS) is 23.1. The van der Waals surface area contributed by atoms with Crippen molar-refractivity contribution < 1.29 is 28.7 Å². The molecule has 15 heteroatoms. The lowest BCUT2D eigenvalue weighted by atomic mass is 9.82. The van der Waals surface area contributed by atoms with Gasteiger partial charge in [0.25, 0.3) is 0 Å². The third kappa shape index (κ3) is 8.27. The van der Waals surface area contributed by atoms with Crippen LogP contribution in [-0.2, 0) is 19.1 Å². The number of carbonyl (C=O) groups excluding carboxylic acids is 4. The molecule has 4 aliphatic rings. The smallest absolute Gasteiger partial charge is 0.407 e. The van der Waals surface area contributed by atoms with E-state index in [2.05, 4.69) is 96.6 Å². The van der Waals surface area contributed by atoms with E-state index in [0.717, 1.165) is 65.4 Å². The SMILES string of the molecule is COC(=O)N[C@H](C(=O)N1CC(C)(C)C[C@H]1c1ncc(-c2ccc(-c3ccc(-c4cnc([C@@H]5CC(C)(C)CN5C(=O)[C@@H](NC(=O)OC)C(C)C)[nH]4)c4c3C3CCC4N3C)cc2)[nH]1)C(C)C. The van der Waals surface area contributed by atoms with Gasteiger partial charge in [0.05, 0.1) is 50.1 Å². The van der Waals surface area contributed by atoms with E-state index in [1.807, 2.05) is 49.9 Å². The van der Waals surface area contributed by atoms with Crippen LogP contribution in [0.25, 0.3) is 33.6 Å². The number of carbonyl (C=O) groups is 4. The van der Waals surface area contributed by atoms with Crippen LogP contribution in [0, 0.1) is 22.7 Å². The number of benzene rings is 2. The van der Waals surface area contributed by atoms with Gasteiger partial charge in [0, 0.05) is 30.7 Å². The van der Waals surface area contributed by atoms with Crippen molar-refractivity contribution >= 4 is 24.0 Å². The Morgan fingerprint density at radius 1 is 0.641 bits per heavy atom. The van der Waals surface area contributed by atoms with Gasteiger partial charge in [-0.25, -0.2) is 19.6 Å². The van der Waals surface area contributed by atoms with E-state index in [1.54, 1.807) is 0 Å². The monoisotopic (exact) mass is 876 g/mol. The Balaban J connectivity index is 1.06. The summed E-state index contributed by atoms with van der Waals surface area (Å²) < 4.78 is 9.69. The number of likely N-dealkylation sites (tertiary alicyclic amines) is 2. The molecular formula is C49H65N9O6. The van der Waals surface area contributed by atoms with Crippen molar-refractivity contribution in [1.29, 1.82) is 0 Å². The Morgan fingerprint density at radius 2 is 1.06 bits per heavy atom. The summed E-state index contributed by atoms with van der Waals surface area (Å²) in [6.45, 7) is 17.4. The second-order valence-corrected chi connectivity index (χ2v) is 20.6. The summed E-state index contributed by atoms with van der Waals surface area (Å²) in [5, 5.41) is 5.51. The highest BCUT2D eigenvalue weighted by Crippen LogP contribution is 2.57. The van der Waals surface area contributed by atoms with Crippen LogP contribution in [0.4, 0.5) is 9.59 Å². The maximum Gasteiger partial charge on any atom is 0.407 e. The van der Waals surface area contributed by atoms with Gasteiger partial charge < -0.3 is 39.9 Å². The molecule has 4 aliphatic heterocycles. The second kappa shape index (κ2) is 17.0. The van der Waals surface area contributed by atoms with Crippen molar-refractivity contribution in [3.8, 4) is 33.6 Å². The number of methoxy groups -OCH3 is 2. The maximum absolute atomic E-state index is 14.1. The van der Waals surface area contributed by atoms with Crippen LogP contribution in [-0.4, -0.2) is 105 Å². The van der Waals surface area contributed by atoms with Gasteiger partial charge in [0.15, 0.2) is 0 Å². The summed E-state index contributed by atoms with van der Waals surface area (Å²) >= 11 is 0. The van der Waals surface area contributed by atoms with Crippen LogP contribution in [0.1, 0.15) is 128 Å². The summed E-state index contributed by atoms with van der Waals surface area (Å²) in [6, 6.07) is 11.7. The number of imidazole rings is 2. The number of hydrogen-bond acceptors (Lipinski definition) is 9. The topological polar surface area (TPSA) is 178 Å². The molecule has 0 saturated carbocycles. The Bertz CT molecular complexity index is 2420. The molecule has 15 nitrogen and oxygen atoms in total. The highest BCUT2D eigenvalue weighted by atomic mass is 16.5. The highest BCUT2D eigenvalue weighted by Gasteiger charge is 2.48. The molecule has 0 radical (unpaired) electrons. The molecule has 6 heterocycles. The Labute approximate surface area is 376 Å². The Hall–Kier alpha value is -5.70. The lowest BCUT2D eigenvalue weighted by Gasteiger charge is -2.30. The van der Waals surface area contributed by atoms with Crippen molar-refractivity contribution in [2.24, 2.45) is 22.7 Å². The number of fused-ring (bicyclic) bond motifs is 5. The molecule has 64 heavy (non-hydrogen) atoms. The summed E-state index contributed by atoms with van der Waals surface area (Å²) in [4.78, 5) is 75.7. The van der Waals surface area contributed by atoms with E-state index in [-0.39, 0.29) is 52.6 Å². The highest BCUT2D eigenvalue weighted by molar-refractivity contribution is 5.87. The first-order valence-corrected chi connectivity index (χ1v) is 22.7. The minimum atomic E-state index is -0.721. The molecule has 2 bridgehead atoms. The fourth-order valence-corrected chi connectivity index (χ4v) is 10.8. The molecule has 2 aromatic carbocycles. The third-order valence-electron chi connectivity index (χ3n) is 14.1. The van der Waals surface area contributed by atoms with Crippen molar-refractivity contribution in [2.75, 3.05) is 34.4 Å². The number of hydrogen-bond donors (Lipinski definition) is 4. The van der Waals surface area contributed by atoms with Crippen molar-refractivity contribution in [1.82, 2.24) is 45.3 Å². The fraction of sp³-hybridized carbons (Fsp3) is 0.551. The second-order valence-electron chi connectivity index (χ2n) is 20.6. The maximum atomic E-state index is 14.1. The van der Waals surface area contributed by atoms with Crippen LogP contribution in [0.2, 0.25) is 0 Å². The van der Waals surface area contributed by atoms with Gasteiger partial charge in [-0.3, -0.25) is 14.5 Å². The number of amides is 4. The van der Waals surface area contributed by atoms with E-state index in [9.17, 15) is 19.2 Å². The van der Waals surface area contributed by atoms with E-state index in [0.29, 0.717) is 19.1 Å². The van der Waals surface area contributed by atoms with E-state index in [1.165, 1.54) is 30.9 Å². The van der Waals surface area contributed by atoms with E-state index >= 15 is 0 Å².